The van der Waals surface area contributed by atoms with E-state index in [0.717, 1.165) is 23.2 Å². The van der Waals surface area contributed by atoms with E-state index in [-0.39, 0.29) is 28.8 Å². The highest BCUT2D eigenvalue weighted by atomic mass is 32.1. The molecule has 0 bridgehead atoms. The van der Waals surface area contributed by atoms with Gasteiger partial charge in [-0.3, -0.25) is 9.59 Å². The molecule has 0 spiro atoms. The summed E-state index contributed by atoms with van der Waals surface area (Å²) in [6.45, 7) is 15.5. The Morgan fingerprint density at radius 1 is 1.15 bits per heavy atom. The molecular weight excluding hydrogens is 432 g/mol. The maximum Gasteiger partial charge on any atom is 0.243 e. The fourth-order valence-electron chi connectivity index (χ4n) is 4.21. The molecule has 2 unspecified atom stereocenters. The van der Waals surface area contributed by atoms with E-state index in [1.54, 1.807) is 16.2 Å². The van der Waals surface area contributed by atoms with Gasteiger partial charge in [-0.2, -0.15) is 0 Å². The Hall–Kier alpha value is -2.25. The van der Waals surface area contributed by atoms with Crippen molar-refractivity contribution < 1.29 is 9.59 Å². The molecule has 1 fully saturated rings. The number of nitrogens with one attached hydrogen (secondary N) is 2. The molecule has 33 heavy (non-hydrogen) atoms. The topological polar surface area (TPSA) is 74.3 Å². The molecule has 2 aromatic rings. The fraction of sp³-hybridized carbons (Fsp3) is 0.577. The van der Waals surface area contributed by atoms with Crippen LogP contribution in [0.25, 0.3) is 10.4 Å². The molecule has 6 nitrogen and oxygen atoms in total. The molecule has 1 saturated heterocycles. The van der Waals surface area contributed by atoms with Gasteiger partial charge in [-0.1, -0.05) is 45.0 Å². The number of nitrogens with zero attached hydrogens (tertiary/aromatic N) is 2. The van der Waals surface area contributed by atoms with Crippen LogP contribution in [0.4, 0.5) is 0 Å². The van der Waals surface area contributed by atoms with Crippen LogP contribution in [0.15, 0.2) is 29.8 Å². The van der Waals surface area contributed by atoms with Crippen LogP contribution < -0.4 is 10.6 Å². The Morgan fingerprint density at radius 2 is 1.82 bits per heavy atom. The molecular formula is C26H38N4O2S. The zero-order valence-electron chi connectivity index (χ0n) is 21.0. The molecule has 2 amide bonds. The van der Waals surface area contributed by atoms with E-state index in [0.29, 0.717) is 19.5 Å². The van der Waals surface area contributed by atoms with E-state index in [1.165, 1.54) is 4.88 Å². The Bertz CT molecular complexity index is 969. The van der Waals surface area contributed by atoms with Gasteiger partial charge in [0, 0.05) is 18.6 Å². The zero-order chi connectivity index (χ0) is 24.4. The van der Waals surface area contributed by atoms with Crippen LogP contribution in [0, 0.1) is 12.3 Å². The van der Waals surface area contributed by atoms with Gasteiger partial charge in [0.25, 0.3) is 0 Å². The Balaban J connectivity index is 1.64. The molecule has 1 aliphatic rings. The molecule has 2 heterocycles. The second-order valence-corrected chi connectivity index (χ2v) is 11.9. The number of hydrogen-bond acceptors (Lipinski definition) is 5. The number of amides is 2. The van der Waals surface area contributed by atoms with Crippen molar-refractivity contribution in [3.63, 3.8) is 0 Å². The lowest BCUT2D eigenvalue weighted by molar-refractivity contribution is -0.142. The number of carbonyl (C=O) groups excluding carboxylic acids is 2. The summed E-state index contributed by atoms with van der Waals surface area (Å²) in [5.41, 5.74) is 4.60. The van der Waals surface area contributed by atoms with Gasteiger partial charge in [0.05, 0.1) is 22.1 Å². The number of thiazole rings is 1. The van der Waals surface area contributed by atoms with Crippen LogP contribution in [0.5, 0.6) is 0 Å². The van der Waals surface area contributed by atoms with Crippen molar-refractivity contribution in [3.05, 3.63) is 41.0 Å². The lowest BCUT2D eigenvalue weighted by atomic mass is 9.84. The zero-order valence-corrected chi connectivity index (χ0v) is 21.8. The summed E-state index contributed by atoms with van der Waals surface area (Å²) in [6, 6.07) is 7.44. The van der Waals surface area contributed by atoms with E-state index in [4.69, 9.17) is 0 Å². The number of benzene rings is 1. The number of hydrogen-bond donors (Lipinski definition) is 2. The summed E-state index contributed by atoms with van der Waals surface area (Å²) < 4.78 is 0. The Kier molecular flexibility index (Phi) is 7.64. The van der Waals surface area contributed by atoms with Crippen molar-refractivity contribution in [1.82, 2.24) is 20.5 Å². The first kappa shape index (κ1) is 25.4. The number of aryl methyl sites for hydroxylation is 1. The number of carbonyl (C=O) groups is 2. The Morgan fingerprint density at radius 3 is 2.36 bits per heavy atom. The number of rotatable bonds is 6. The third kappa shape index (κ3) is 6.42. The van der Waals surface area contributed by atoms with Crippen molar-refractivity contribution in [2.75, 3.05) is 6.54 Å². The SMILES string of the molecule is Cc1ncsc1-c1ccc(CNC(=O)C2CCCN2C(=O)C(NC(C)(C)C)C(C)(C)C)cc1. The lowest BCUT2D eigenvalue weighted by Crippen LogP contribution is -2.60. The molecule has 7 heteroatoms. The van der Waals surface area contributed by atoms with Crippen molar-refractivity contribution in [2.45, 2.75) is 85.5 Å². The maximum atomic E-state index is 13.5. The van der Waals surface area contributed by atoms with Crippen LogP contribution in [0.3, 0.4) is 0 Å². The van der Waals surface area contributed by atoms with Crippen LogP contribution in [-0.4, -0.2) is 45.9 Å². The summed E-state index contributed by atoms with van der Waals surface area (Å²) >= 11 is 1.63. The van der Waals surface area contributed by atoms with E-state index in [9.17, 15) is 9.59 Å². The van der Waals surface area contributed by atoms with Gasteiger partial charge in [0.1, 0.15) is 6.04 Å². The number of likely N-dealkylation sites (tertiary alicyclic amines) is 1. The first-order valence-corrected chi connectivity index (χ1v) is 12.6. The molecule has 0 radical (unpaired) electrons. The van der Waals surface area contributed by atoms with Gasteiger partial charge in [-0.15, -0.1) is 11.3 Å². The highest BCUT2D eigenvalue weighted by Gasteiger charge is 2.42. The van der Waals surface area contributed by atoms with E-state index >= 15 is 0 Å². The van der Waals surface area contributed by atoms with E-state index in [1.807, 2.05) is 24.6 Å². The van der Waals surface area contributed by atoms with Crippen LogP contribution in [-0.2, 0) is 16.1 Å². The van der Waals surface area contributed by atoms with Gasteiger partial charge in [-0.25, -0.2) is 4.98 Å². The molecule has 1 aliphatic heterocycles. The number of aromatic nitrogens is 1. The summed E-state index contributed by atoms with van der Waals surface area (Å²) in [5, 5.41) is 6.54. The van der Waals surface area contributed by atoms with Crippen molar-refractivity contribution >= 4 is 23.2 Å². The largest absolute Gasteiger partial charge is 0.350 e. The second-order valence-electron chi connectivity index (χ2n) is 11.1. The van der Waals surface area contributed by atoms with E-state index < -0.39 is 6.04 Å². The van der Waals surface area contributed by atoms with Crippen LogP contribution in [0.1, 0.15) is 65.6 Å². The van der Waals surface area contributed by atoms with Crippen LogP contribution >= 0.6 is 11.3 Å². The average Bonchev–Trinajstić information content (AvgIpc) is 3.38. The third-order valence-electron chi connectivity index (χ3n) is 5.96. The van der Waals surface area contributed by atoms with Gasteiger partial charge in [-0.05, 0) is 57.1 Å². The summed E-state index contributed by atoms with van der Waals surface area (Å²) in [5.74, 6) is -0.0639. The molecule has 0 aliphatic carbocycles. The first-order chi connectivity index (χ1) is 15.4. The Labute approximate surface area is 202 Å². The smallest absolute Gasteiger partial charge is 0.243 e. The lowest BCUT2D eigenvalue weighted by Gasteiger charge is -2.39. The minimum Gasteiger partial charge on any atom is -0.350 e. The molecule has 0 saturated carbocycles. The molecule has 2 N–H and O–H groups in total. The van der Waals surface area contributed by atoms with Crippen molar-refractivity contribution in [1.29, 1.82) is 0 Å². The van der Waals surface area contributed by atoms with Gasteiger partial charge >= 0.3 is 0 Å². The minimum atomic E-state index is -0.414. The maximum absolute atomic E-state index is 13.5. The van der Waals surface area contributed by atoms with Crippen molar-refractivity contribution in [3.8, 4) is 10.4 Å². The average molecular weight is 471 g/mol. The highest BCUT2D eigenvalue weighted by molar-refractivity contribution is 7.13. The quantitative estimate of drug-likeness (QED) is 0.651. The van der Waals surface area contributed by atoms with Gasteiger partial charge in [0.15, 0.2) is 0 Å². The molecule has 180 valence electrons. The monoisotopic (exact) mass is 470 g/mol. The highest BCUT2D eigenvalue weighted by Crippen LogP contribution is 2.28. The van der Waals surface area contributed by atoms with Crippen LogP contribution in [0.2, 0.25) is 0 Å². The molecule has 1 aromatic heterocycles. The third-order valence-corrected chi connectivity index (χ3v) is 6.93. The standard InChI is InChI=1S/C26H38N4O2S/c1-17-21(33-16-28-17)19-12-10-18(11-13-19)15-27-23(31)20-9-8-14-30(20)24(32)22(25(2,3)4)29-26(5,6)7/h10-13,16,20,22,29H,8-9,14-15H2,1-7H3,(H,27,31). The summed E-state index contributed by atoms with van der Waals surface area (Å²) in [7, 11) is 0. The fourth-order valence-corrected chi connectivity index (χ4v) is 5.02. The van der Waals surface area contributed by atoms with Gasteiger partial charge in [0.2, 0.25) is 11.8 Å². The predicted molar refractivity (Wildman–Crippen MR) is 135 cm³/mol. The molecule has 2 atom stereocenters. The van der Waals surface area contributed by atoms with Crippen molar-refractivity contribution in [2.24, 2.45) is 5.41 Å². The molecule has 3 rings (SSSR count). The van der Waals surface area contributed by atoms with Gasteiger partial charge < -0.3 is 15.5 Å². The summed E-state index contributed by atoms with van der Waals surface area (Å²) in [4.78, 5) is 33.8. The second kappa shape index (κ2) is 9.94. The first-order valence-electron chi connectivity index (χ1n) is 11.7. The normalized spacial score (nSPS) is 17.8. The summed E-state index contributed by atoms with van der Waals surface area (Å²) in [6.07, 6.45) is 1.55. The predicted octanol–water partition coefficient (Wildman–Crippen LogP) is 4.53. The molecule has 1 aromatic carbocycles. The minimum absolute atomic E-state index is 0.0133. The van der Waals surface area contributed by atoms with E-state index in [2.05, 4.69) is 69.3 Å².